The van der Waals surface area contributed by atoms with Crippen molar-refractivity contribution in [2.45, 2.75) is 33.2 Å². The van der Waals surface area contributed by atoms with Crippen molar-refractivity contribution in [2.24, 2.45) is 0 Å². The molecule has 0 aliphatic rings. The lowest BCUT2D eigenvalue weighted by atomic mass is 10.2. The number of benzene rings is 1. The van der Waals surface area contributed by atoms with Gasteiger partial charge in [-0.25, -0.2) is 4.39 Å². The smallest absolute Gasteiger partial charge is 0.128 e. The van der Waals surface area contributed by atoms with Crippen LogP contribution in [0.5, 0.6) is 0 Å². The van der Waals surface area contributed by atoms with Gasteiger partial charge in [0.15, 0.2) is 0 Å². The predicted octanol–water partition coefficient (Wildman–Crippen LogP) is 3.34. The number of halogens is 1. The molecule has 1 aromatic rings. The van der Waals surface area contributed by atoms with Gasteiger partial charge in [0.1, 0.15) is 5.82 Å². The summed E-state index contributed by atoms with van der Waals surface area (Å²) < 4.78 is 13.1. The molecule has 13 heavy (non-hydrogen) atoms. The number of rotatable bonds is 3. The third-order valence-corrected chi connectivity index (χ3v) is 2.20. The highest BCUT2D eigenvalue weighted by molar-refractivity contribution is 5.45. The quantitative estimate of drug-likeness (QED) is 0.754. The number of anilines is 1. The molecule has 0 bridgehead atoms. The van der Waals surface area contributed by atoms with E-state index in [0.29, 0.717) is 11.6 Å². The SMILES string of the molecule is CC[C@@H](C)Nc1ccc(C)c(F)c1. The summed E-state index contributed by atoms with van der Waals surface area (Å²) in [6.45, 7) is 5.95. The zero-order valence-electron chi connectivity index (χ0n) is 8.39. The van der Waals surface area contributed by atoms with Gasteiger partial charge in [-0.05, 0) is 38.0 Å². The summed E-state index contributed by atoms with van der Waals surface area (Å²) in [7, 11) is 0. The van der Waals surface area contributed by atoms with Crippen molar-refractivity contribution in [1.82, 2.24) is 0 Å². The first kappa shape index (κ1) is 10.0. The van der Waals surface area contributed by atoms with Crippen molar-refractivity contribution in [3.63, 3.8) is 0 Å². The molecule has 1 N–H and O–H groups in total. The minimum absolute atomic E-state index is 0.145. The van der Waals surface area contributed by atoms with E-state index in [1.165, 1.54) is 0 Å². The van der Waals surface area contributed by atoms with Crippen LogP contribution in [0.25, 0.3) is 0 Å². The van der Waals surface area contributed by atoms with Gasteiger partial charge in [0.05, 0.1) is 0 Å². The lowest BCUT2D eigenvalue weighted by Gasteiger charge is -2.13. The Morgan fingerprint density at radius 1 is 1.46 bits per heavy atom. The Balaban J connectivity index is 2.73. The van der Waals surface area contributed by atoms with E-state index in [0.717, 1.165) is 12.1 Å². The maximum atomic E-state index is 13.1. The molecule has 1 rings (SSSR count). The van der Waals surface area contributed by atoms with Crippen LogP contribution in [0.4, 0.5) is 10.1 Å². The van der Waals surface area contributed by atoms with Gasteiger partial charge in [-0.3, -0.25) is 0 Å². The summed E-state index contributed by atoms with van der Waals surface area (Å²) in [5, 5.41) is 3.22. The average molecular weight is 181 g/mol. The number of hydrogen-bond acceptors (Lipinski definition) is 1. The van der Waals surface area contributed by atoms with Gasteiger partial charge in [-0.2, -0.15) is 0 Å². The molecule has 0 unspecified atom stereocenters. The van der Waals surface area contributed by atoms with Gasteiger partial charge >= 0.3 is 0 Å². The molecule has 0 radical (unpaired) electrons. The number of nitrogens with one attached hydrogen (secondary N) is 1. The molecular formula is C11H16FN. The fourth-order valence-electron chi connectivity index (χ4n) is 1.07. The van der Waals surface area contributed by atoms with Crippen LogP contribution in [0.3, 0.4) is 0 Å². The molecule has 0 saturated heterocycles. The molecule has 0 aliphatic heterocycles. The van der Waals surface area contributed by atoms with Gasteiger partial charge in [0, 0.05) is 11.7 Å². The maximum Gasteiger partial charge on any atom is 0.128 e. The van der Waals surface area contributed by atoms with Gasteiger partial charge < -0.3 is 5.32 Å². The molecule has 0 saturated carbocycles. The Labute approximate surface area is 79.0 Å². The third kappa shape index (κ3) is 2.72. The molecular weight excluding hydrogens is 165 g/mol. The van der Waals surface area contributed by atoms with E-state index in [2.05, 4.69) is 19.2 Å². The van der Waals surface area contributed by atoms with Crippen molar-refractivity contribution in [2.75, 3.05) is 5.32 Å². The average Bonchev–Trinajstić information content (AvgIpc) is 2.11. The highest BCUT2D eigenvalue weighted by atomic mass is 19.1. The summed E-state index contributed by atoms with van der Waals surface area (Å²) in [5.74, 6) is -0.145. The molecule has 0 amide bonds. The van der Waals surface area contributed by atoms with Crippen LogP contribution >= 0.6 is 0 Å². The summed E-state index contributed by atoms with van der Waals surface area (Å²) in [6.07, 6.45) is 1.04. The van der Waals surface area contributed by atoms with Crippen LogP contribution in [0.1, 0.15) is 25.8 Å². The summed E-state index contributed by atoms with van der Waals surface area (Å²) in [4.78, 5) is 0. The van der Waals surface area contributed by atoms with Crippen molar-refractivity contribution in [3.05, 3.63) is 29.6 Å². The van der Waals surface area contributed by atoms with Gasteiger partial charge in [-0.15, -0.1) is 0 Å². The minimum atomic E-state index is -0.145. The van der Waals surface area contributed by atoms with Crippen LogP contribution in [0.15, 0.2) is 18.2 Å². The third-order valence-electron chi connectivity index (χ3n) is 2.20. The first-order valence-electron chi connectivity index (χ1n) is 4.66. The monoisotopic (exact) mass is 181 g/mol. The van der Waals surface area contributed by atoms with Crippen LogP contribution in [-0.4, -0.2) is 6.04 Å². The number of hydrogen-bond donors (Lipinski definition) is 1. The summed E-state index contributed by atoms with van der Waals surface area (Å²) in [6, 6.07) is 5.63. The van der Waals surface area contributed by atoms with E-state index in [1.54, 1.807) is 19.1 Å². The molecule has 1 aromatic carbocycles. The Kier molecular flexibility index (Phi) is 3.29. The fraction of sp³-hybridized carbons (Fsp3) is 0.455. The predicted molar refractivity (Wildman–Crippen MR) is 54.5 cm³/mol. The van der Waals surface area contributed by atoms with Crippen molar-refractivity contribution < 1.29 is 4.39 Å². The Bertz CT molecular complexity index is 283. The molecule has 2 heteroatoms. The molecule has 1 nitrogen and oxygen atoms in total. The topological polar surface area (TPSA) is 12.0 Å². The van der Waals surface area contributed by atoms with Crippen molar-refractivity contribution in [3.8, 4) is 0 Å². The Morgan fingerprint density at radius 3 is 2.69 bits per heavy atom. The lowest BCUT2D eigenvalue weighted by molar-refractivity contribution is 0.618. The molecule has 72 valence electrons. The first-order chi connectivity index (χ1) is 6.13. The van der Waals surface area contributed by atoms with Crippen LogP contribution in [0, 0.1) is 12.7 Å². The van der Waals surface area contributed by atoms with E-state index in [9.17, 15) is 4.39 Å². The van der Waals surface area contributed by atoms with Crippen molar-refractivity contribution in [1.29, 1.82) is 0 Å². The number of aryl methyl sites for hydroxylation is 1. The van der Waals surface area contributed by atoms with Crippen LogP contribution in [-0.2, 0) is 0 Å². The first-order valence-corrected chi connectivity index (χ1v) is 4.66. The van der Waals surface area contributed by atoms with Gasteiger partial charge in [0.2, 0.25) is 0 Å². The van der Waals surface area contributed by atoms with E-state index in [1.807, 2.05) is 6.07 Å². The highest BCUT2D eigenvalue weighted by Gasteiger charge is 2.01. The van der Waals surface area contributed by atoms with E-state index >= 15 is 0 Å². The molecule has 0 spiro atoms. The molecule has 0 fully saturated rings. The van der Waals surface area contributed by atoms with Crippen LogP contribution < -0.4 is 5.32 Å². The molecule has 0 aromatic heterocycles. The molecule has 1 atom stereocenters. The maximum absolute atomic E-state index is 13.1. The lowest BCUT2D eigenvalue weighted by Crippen LogP contribution is -2.13. The second kappa shape index (κ2) is 4.26. The zero-order chi connectivity index (χ0) is 9.84. The molecule has 0 heterocycles. The van der Waals surface area contributed by atoms with Gasteiger partial charge in [-0.1, -0.05) is 13.0 Å². The van der Waals surface area contributed by atoms with E-state index < -0.39 is 0 Å². The molecule has 0 aliphatic carbocycles. The Morgan fingerprint density at radius 2 is 2.15 bits per heavy atom. The second-order valence-electron chi connectivity index (χ2n) is 3.42. The van der Waals surface area contributed by atoms with Crippen molar-refractivity contribution >= 4 is 5.69 Å². The van der Waals surface area contributed by atoms with E-state index in [-0.39, 0.29) is 5.82 Å². The normalized spacial score (nSPS) is 12.6. The minimum Gasteiger partial charge on any atom is -0.383 e. The Hall–Kier alpha value is -1.05. The fourth-order valence-corrected chi connectivity index (χ4v) is 1.07. The highest BCUT2D eigenvalue weighted by Crippen LogP contribution is 2.14. The zero-order valence-corrected chi connectivity index (χ0v) is 8.39. The second-order valence-corrected chi connectivity index (χ2v) is 3.42. The van der Waals surface area contributed by atoms with E-state index in [4.69, 9.17) is 0 Å². The van der Waals surface area contributed by atoms with Gasteiger partial charge in [0.25, 0.3) is 0 Å². The standard InChI is InChI=1S/C11H16FN/c1-4-9(3)13-10-6-5-8(2)11(12)7-10/h5-7,9,13H,4H2,1-3H3/t9-/m1/s1. The van der Waals surface area contributed by atoms with Crippen LogP contribution in [0.2, 0.25) is 0 Å². The summed E-state index contributed by atoms with van der Waals surface area (Å²) >= 11 is 0. The summed E-state index contributed by atoms with van der Waals surface area (Å²) in [5.41, 5.74) is 1.55. The largest absolute Gasteiger partial charge is 0.383 e.